The summed E-state index contributed by atoms with van der Waals surface area (Å²) in [6, 6.07) is 7.40. The molecule has 0 amide bonds. The van der Waals surface area contributed by atoms with Crippen molar-refractivity contribution in [1.29, 1.82) is 0 Å². The van der Waals surface area contributed by atoms with Crippen molar-refractivity contribution in [3.05, 3.63) is 45.1 Å². The van der Waals surface area contributed by atoms with Crippen molar-refractivity contribution in [2.75, 3.05) is 12.5 Å². The third kappa shape index (κ3) is 3.23. The summed E-state index contributed by atoms with van der Waals surface area (Å²) in [5.74, 6) is 1.17. The number of rotatable bonds is 4. The maximum absolute atomic E-state index is 13.5. The van der Waals surface area contributed by atoms with E-state index in [9.17, 15) is 4.79 Å². The molecule has 2 aromatic heterocycles. The van der Waals surface area contributed by atoms with E-state index in [1.54, 1.807) is 23.0 Å². The van der Waals surface area contributed by atoms with E-state index in [0.29, 0.717) is 5.95 Å². The van der Waals surface area contributed by atoms with Crippen LogP contribution in [0.1, 0.15) is 37.1 Å². The van der Waals surface area contributed by atoms with Gasteiger partial charge < -0.3 is 4.74 Å². The van der Waals surface area contributed by atoms with Crippen LogP contribution in [0.25, 0.3) is 15.9 Å². The van der Waals surface area contributed by atoms with Gasteiger partial charge in [-0.1, -0.05) is 0 Å². The summed E-state index contributed by atoms with van der Waals surface area (Å²) in [5.41, 5.74) is 5.70. The fourth-order valence-corrected chi connectivity index (χ4v) is 4.66. The molecule has 1 aliphatic carbocycles. The van der Waals surface area contributed by atoms with Crippen LogP contribution in [0.5, 0.6) is 5.75 Å². The molecule has 2 heterocycles. The van der Waals surface area contributed by atoms with Gasteiger partial charge in [0, 0.05) is 10.6 Å². The number of fused-ring (bicyclic) bond motifs is 3. The van der Waals surface area contributed by atoms with E-state index in [-0.39, 0.29) is 5.56 Å². The molecule has 0 unspecified atom stereocenters. The van der Waals surface area contributed by atoms with Crippen LogP contribution >= 0.6 is 11.3 Å². The van der Waals surface area contributed by atoms with E-state index >= 15 is 0 Å². The number of nitrogens with one attached hydrogen (secondary N) is 1. The Kier molecular flexibility index (Phi) is 4.70. The molecule has 27 heavy (non-hydrogen) atoms. The number of hydrogen-bond donors (Lipinski definition) is 1. The number of ether oxygens (including phenoxy) is 1. The van der Waals surface area contributed by atoms with Gasteiger partial charge >= 0.3 is 0 Å². The normalized spacial score (nSPS) is 13.3. The number of anilines is 1. The molecule has 7 heteroatoms. The zero-order chi connectivity index (χ0) is 19.0. The first kappa shape index (κ1) is 17.7. The van der Waals surface area contributed by atoms with Gasteiger partial charge in [0.2, 0.25) is 5.95 Å². The van der Waals surface area contributed by atoms with Gasteiger partial charge in [-0.3, -0.25) is 4.79 Å². The summed E-state index contributed by atoms with van der Waals surface area (Å²) in [4.78, 5) is 20.4. The highest BCUT2D eigenvalue weighted by Crippen LogP contribution is 2.34. The van der Waals surface area contributed by atoms with Crippen LogP contribution in [0.3, 0.4) is 0 Å². The van der Waals surface area contributed by atoms with Crippen LogP contribution in [0.4, 0.5) is 5.95 Å². The highest BCUT2D eigenvalue weighted by molar-refractivity contribution is 7.18. The van der Waals surface area contributed by atoms with Crippen molar-refractivity contribution in [3.63, 3.8) is 0 Å². The van der Waals surface area contributed by atoms with Gasteiger partial charge in [-0.15, -0.1) is 11.3 Å². The zero-order valence-corrected chi connectivity index (χ0v) is 16.5. The zero-order valence-electron chi connectivity index (χ0n) is 15.7. The summed E-state index contributed by atoms with van der Waals surface area (Å²) in [5, 5.41) is 5.03. The topological polar surface area (TPSA) is 68.5 Å². The molecule has 0 aliphatic heterocycles. The van der Waals surface area contributed by atoms with Gasteiger partial charge in [0.25, 0.3) is 5.56 Å². The molecule has 0 radical (unpaired) electrons. The minimum atomic E-state index is -0.0453. The Morgan fingerprint density at radius 3 is 2.67 bits per heavy atom. The molecule has 6 nitrogen and oxygen atoms in total. The lowest BCUT2D eigenvalue weighted by Gasteiger charge is -2.14. The van der Waals surface area contributed by atoms with Crippen molar-refractivity contribution in [1.82, 2.24) is 9.55 Å². The largest absolute Gasteiger partial charge is 0.497 e. The van der Waals surface area contributed by atoms with E-state index in [1.165, 1.54) is 16.9 Å². The average Bonchev–Trinajstić information content (AvgIpc) is 3.05. The Morgan fingerprint density at radius 1 is 1.22 bits per heavy atom. The van der Waals surface area contributed by atoms with E-state index in [2.05, 4.69) is 10.5 Å². The van der Waals surface area contributed by atoms with Crippen molar-refractivity contribution in [2.24, 2.45) is 5.10 Å². The molecule has 0 atom stereocenters. The van der Waals surface area contributed by atoms with E-state index in [0.717, 1.165) is 46.6 Å². The number of methoxy groups -OCH3 is 1. The SMILES string of the molecule is COc1ccc(-n2c(NN=C(C)C)nc3sc4c(c3c2=O)CCCC4)cc1. The first-order chi connectivity index (χ1) is 13.1. The summed E-state index contributed by atoms with van der Waals surface area (Å²) in [7, 11) is 1.62. The minimum Gasteiger partial charge on any atom is -0.497 e. The molecule has 0 fully saturated rings. The number of aryl methyl sites for hydroxylation is 2. The van der Waals surface area contributed by atoms with Gasteiger partial charge in [-0.2, -0.15) is 5.10 Å². The van der Waals surface area contributed by atoms with Crippen LogP contribution < -0.4 is 15.7 Å². The van der Waals surface area contributed by atoms with Crippen molar-refractivity contribution in [2.45, 2.75) is 39.5 Å². The van der Waals surface area contributed by atoms with Gasteiger partial charge in [-0.25, -0.2) is 15.0 Å². The third-order valence-corrected chi connectivity index (χ3v) is 5.88. The van der Waals surface area contributed by atoms with E-state index < -0.39 is 0 Å². The smallest absolute Gasteiger partial charge is 0.268 e. The highest BCUT2D eigenvalue weighted by Gasteiger charge is 2.22. The summed E-state index contributed by atoms with van der Waals surface area (Å²) < 4.78 is 6.84. The highest BCUT2D eigenvalue weighted by atomic mass is 32.1. The number of nitrogens with zero attached hydrogens (tertiary/aromatic N) is 3. The molecule has 0 saturated heterocycles. The Bertz CT molecular complexity index is 1080. The number of thiophene rings is 1. The fourth-order valence-electron chi connectivity index (χ4n) is 3.41. The van der Waals surface area contributed by atoms with Crippen molar-refractivity contribution in [3.8, 4) is 11.4 Å². The van der Waals surface area contributed by atoms with Gasteiger partial charge in [0.05, 0.1) is 18.2 Å². The van der Waals surface area contributed by atoms with Crippen LogP contribution in [-0.2, 0) is 12.8 Å². The molecule has 1 aliphatic rings. The fraction of sp³-hybridized carbons (Fsp3) is 0.350. The Labute approximate surface area is 161 Å². The maximum atomic E-state index is 13.5. The molecule has 1 aromatic carbocycles. The molecule has 1 N–H and O–H groups in total. The molecule has 3 aromatic rings. The predicted molar refractivity (Wildman–Crippen MR) is 111 cm³/mol. The average molecular weight is 382 g/mol. The van der Waals surface area contributed by atoms with Crippen molar-refractivity contribution < 1.29 is 4.74 Å². The molecular weight excluding hydrogens is 360 g/mol. The number of benzene rings is 1. The predicted octanol–water partition coefficient (Wildman–Crippen LogP) is 4.14. The Morgan fingerprint density at radius 2 is 1.96 bits per heavy atom. The lowest BCUT2D eigenvalue weighted by Crippen LogP contribution is -2.23. The standard InChI is InChI=1S/C20H22N4O2S/c1-12(2)22-23-20-21-18-17(15-6-4-5-7-16(15)27-18)19(25)24(20)13-8-10-14(26-3)11-9-13/h8-11H,4-7H2,1-3H3,(H,21,23). The van der Waals surface area contributed by atoms with Crippen LogP contribution in [-0.4, -0.2) is 22.4 Å². The molecule has 0 spiro atoms. The monoisotopic (exact) mass is 382 g/mol. The molecule has 0 saturated carbocycles. The molecule has 0 bridgehead atoms. The minimum absolute atomic E-state index is 0.0453. The van der Waals surface area contributed by atoms with Gasteiger partial charge in [0.1, 0.15) is 10.6 Å². The summed E-state index contributed by atoms with van der Waals surface area (Å²) in [6.07, 6.45) is 4.29. The summed E-state index contributed by atoms with van der Waals surface area (Å²) in [6.45, 7) is 3.79. The Hall–Kier alpha value is -2.67. The molecular formula is C20H22N4O2S. The van der Waals surface area contributed by atoms with E-state index in [1.807, 2.05) is 38.1 Å². The number of aromatic nitrogens is 2. The first-order valence-corrected chi connectivity index (χ1v) is 9.88. The number of hydrogen-bond acceptors (Lipinski definition) is 6. The van der Waals surface area contributed by atoms with Crippen LogP contribution in [0, 0.1) is 0 Å². The molecule has 140 valence electrons. The van der Waals surface area contributed by atoms with Gasteiger partial charge in [-0.05, 0) is 69.4 Å². The second-order valence-corrected chi connectivity index (χ2v) is 7.92. The van der Waals surface area contributed by atoms with E-state index in [4.69, 9.17) is 9.72 Å². The second kappa shape index (κ2) is 7.15. The first-order valence-electron chi connectivity index (χ1n) is 9.07. The summed E-state index contributed by atoms with van der Waals surface area (Å²) >= 11 is 1.64. The second-order valence-electron chi connectivity index (χ2n) is 6.84. The quantitative estimate of drug-likeness (QED) is 0.544. The van der Waals surface area contributed by atoms with Crippen LogP contribution in [0.2, 0.25) is 0 Å². The third-order valence-electron chi connectivity index (χ3n) is 4.70. The molecule has 4 rings (SSSR count). The van der Waals surface area contributed by atoms with Crippen LogP contribution in [0.15, 0.2) is 34.2 Å². The Balaban J connectivity index is 1.97. The van der Waals surface area contributed by atoms with Gasteiger partial charge in [0.15, 0.2) is 0 Å². The van der Waals surface area contributed by atoms with Crippen molar-refractivity contribution >= 4 is 33.2 Å². The lowest BCUT2D eigenvalue weighted by molar-refractivity contribution is 0.414. The maximum Gasteiger partial charge on any atom is 0.268 e. The number of hydrazone groups is 1. The lowest BCUT2D eigenvalue weighted by atomic mass is 9.97.